The lowest BCUT2D eigenvalue weighted by molar-refractivity contribution is 0.0411. The fraction of sp³-hybridized carbons (Fsp3) is 0.529. The standard InChI is InChI=1S/C17H22N4O2/c22-16-14-3-1-2-4-15(14)17(23)21(16)12-19-7-9-20(10-8-19)13-5-6-18-11-13/h1-4,13,18H,5-12H2. The van der Waals surface area contributed by atoms with Crippen LogP contribution in [-0.2, 0) is 0 Å². The van der Waals surface area contributed by atoms with Crippen molar-refractivity contribution in [2.45, 2.75) is 12.5 Å². The Morgan fingerprint density at radius 3 is 2.22 bits per heavy atom. The summed E-state index contributed by atoms with van der Waals surface area (Å²) in [5.74, 6) is -0.318. The molecule has 3 heterocycles. The van der Waals surface area contributed by atoms with Crippen molar-refractivity contribution in [1.82, 2.24) is 20.0 Å². The summed E-state index contributed by atoms with van der Waals surface area (Å²) >= 11 is 0. The lowest BCUT2D eigenvalue weighted by Crippen LogP contribution is -2.53. The topological polar surface area (TPSA) is 55.9 Å². The average Bonchev–Trinajstić information content (AvgIpc) is 3.20. The zero-order chi connectivity index (χ0) is 15.8. The number of nitrogens with zero attached hydrogens (tertiary/aromatic N) is 3. The number of fused-ring (bicyclic) bond motifs is 1. The van der Waals surface area contributed by atoms with Gasteiger partial charge in [0.05, 0.1) is 17.8 Å². The number of hydrogen-bond acceptors (Lipinski definition) is 5. The number of imide groups is 1. The zero-order valence-corrected chi connectivity index (χ0v) is 13.2. The first-order valence-electron chi connectivity index (χ1n) is 8.36. The van der Waals surface area contributed by atoms with Crippen LogP contribution >= 0.6 is 0 Å². The van der Waals surface area contributed by atoms with Gasteiger partial charge in [-0.2, -0.15) is 0 Å². The minimum absolute atomic E-state index is 0.159. The Kier molecular flexibility index (Phi) is 3.88. The Labute approximate surface area is 136 Å². The van der Waals surface area contributed by atoms with Gasteiger partial charge in [0.1, 0.15) is 0 Å². The van der Waals surface area contributed by atoms with Crippen molar-refractivity contribution >= 4 is 11.8 Å². The van der Waals surface area contributed by atoms with Gasteiger partial charge in [-0.05, 0) is 25.1 Å². The molecule has 2 saturated heterocycles. The van der Waals surface area contributed by atoms with Crippen LogP contribution in [0.3, 0.4) is 0 Å². The minimum Gasteiger partial charge on any atom is -0.315 e. The molecule has 23 heavy (non-hydrogen) atoms. The molecule has 1 N–H and O–H groups in total. The summed E-state index contributed by atoms with van der Waals surface area (Å²) < 4.78 is 0. The van der Waals surface area contributed by atoms with Gasteiger partial charge in [0.15, 0.2) is 0 Å². The van der Waals surface area contributed by atoms with Crippen LogP contribution in [0.15, 0.2) is 24.3 Å². The molecule has 0 saturated carbocycles. The molecule has 122 valence electrons. The maximum Gasteiger partial charge on any atom is 0.262 e. The second-order valence-corrected chi connectivity index (χ2v) is 6.53. The highest BCUT2D eigenvalue weighted by molar-refractivity contribution is 6.21. The fourth-order valence-corrected chi connectivity index (χ4v) is 3.79. The SMILES string of the molecule is O=C1c2ccccc2C(=O)N1CN1CCN(C2CCNC2)CC1. The number of nitrogens with one attached hydrogen (secondary N) is 1. The number of carbonyl (C=O) groups is 2. The summed E-state index contributed by atoms with van der Waals surface area (Å²) in [7, 11) is 0. The van der Waals surface area contributed by atoms with Crippen molar-refractivity contribution in [3.63, 3.8) is 0 Å². The molecule has 4 rings (SSSR count). The van der Waals surface area contributed by atoms with Gasteiger partial charge in [-0.3, -0.25) is 24.3 Å². The first-order chi connectivity index (χ1) is 11.2. The first-order valence-corrected chi connectivity index (χ1v) is 8.36. The molecule has 6 heteroatoms. The fourth-order valence-electron chi connectivity index (χ4n) is 3.79. The van der Waals surface area contributed by atoms with E-state index in [0.717, 1.165) is 39.3 Å². The lowest BCUT2D eigenvalue weighted by Gasteiger charge is -2.38. The lowest BCUT2D eigenvalue weighted by atomic mass is 10.1. The van der Waals surface area contributed by atoms with Crippen LogP contribution in [0.25, 0.3) is 0 Å². The summed E-state index contributed by atoms with van der Waals surface area (Å²) in [6.45, 7) is 6.43. The van der Waals surface area contributed by atoms with Crippen LogP contribution in [0.1, 0.15) is 27.1 Å². The maximum absolute atomic E-state index is 12.4. The van der Waals surface area contributed by atoms with Gasteiger partial charge in [0.2, 0.25) is 0 Å². The molecule has 1 aromatic carbocycles. The molecule has 1 aromatic rings. The van der Waals surface area contributed by atoms with Gasteiger partial charge in [-0.15, -0.1) is 0 Å². The molecule has 0 aromatic heterocycles. The van der Waals surface area contributed by atoms with Crippen LogP contribution in [0, 0.1) is 0 Å². The van der Waals surface area contributed by atoms with E-state index < -0.39 is 0 Å². The smallest absolute Gasteiger partial charge is 0.262 e. The predicted octanol–water partition coefficient (Wildman–Crippen LogP) is 0.220. The van der Waals surface area contributed by atoms with E-state index in [0.29, 0.717) is 23.8 Å². The summed E-state index contributed by atoms with van der Waals surface area (Å²) in [6, 6.07) is 7.74. The molecule has 1 atom stereocenters. The van der Waals surface area contributed by atoms with Crippen LogP contribution in [0.4, 0.5) is 0 Å². The molecular formula is C17H22N4O2. The number of piperazine rings is 1. The molecule has 1 unspecified atom stereocenters. The quantitative estimate of drug-likeness (QED) is 0.809. The third-order valence-electron chi connectivity index (χ3n) is 5.18. The Bertz CT molecular complexity index is 584. The highest BCUT2D eigenvalue weighted by Crippen LogP contribution is 2.23. The van der Waals surface area contributed by atoms with Crippen molar-refractivity contribution < 1.29 is 9.59 Å². The summed E-state index contributed by atoms with van der Waals surface area (Å²) in [6.07, 6.45) is 1.22. The highest BCUT2D eigenvalue weighted by atomic mass is 16.2. The van der Waals surface area contributed by atoms with Gasteiger partial charge in [-0.1, -0.05) is 12.1 Å². The number of carbonyl (C=O) groups excluding carboxylic acids is 2. The van der Waals surface area contributed by atoms with Crippen molar-refractivity contribution in [3.05, 3.63) is 35.4 Å². The van der Waals surface area contributed by atoms with Gasteiger partial charge in [0, 0.05) is 38.8 Å². The van der Waals surface area contributed by atoms with Crippen molar-refractivity contribution in [2.24, 2.45) is 0 Å². The van der Waals surface area contributed by atoms with E-state index in [1.165, 1.54) is 11.3 Å². The van der Waals surface area contributed by atoms with Crippen LogP contribution in [0.5, 0.6) is 0 Å². The number of rotatable bonds is 3. The molecule has 2 fully saturated rings. The van der Waals surface area contributed by atoms with Crippen molar-refractivity contribution in [3.8, 4) is 0 Å². The molecule has 0 spiro atoms. The largest absolute Gasteiger partial charge is 0.315 e. The Hall–Kier alpha value is -1.76. The first kappa shape index (κ1) is 14.8. The van der Waals surface area contributed by atoms with E-state index in [1.54, 1.807) is 12.1 Å². The molecule has 0 bridgehead atoms. The van der Waals surface area contributed by atoms with E-state index in [4.69, 9.17) is 0 Å². The molecule has 0 radical (unpaired) electrons. The zero-order valence-electron chi connectivity index (χ0n) is 13.2. The highest BCUT2D eigenvalue weighted by Gasteiger charge is 2.36. The third kappa shape index (κ3) is 2.67. The van der Waals surface area contributed by atoms with Gasteiger partial charge < -0.3 is 5.32 Å². The monoisotopic (exact) mass is 314 g/mol. The van der Waals surface area contributed by atoms with Crippen LogP contribution in [-0.4, -0.2) is 78.5 Å². The van der Waals surface area contributed by atoms with Crippen molar-refractivity contribution in [2.75, 3.05) is 45.9 Å². The van der Waals surface area contributed by atoms with Gasteiger partial charge in [-0.25, -0.2) is 0 Å². The molecule has 2 amide bonds. The van der Waals surface area contributed by atoms with E-state index in [9.17, 15) is 9.59 Å². The summed E-state index contributed by atoms with van der Waals surface area (Å²) in [4.78, 5) is 31.0. The van der Waals surface area contributed by atoms with Gasteiger partial charge >= 0.3 is 0 Å². The van der Waals surface area contributed by atoms with Crippen LogP contribution < -0.4 is 5.32 Å². The Morgan fingerprint density at radius 2 is 1.65 bits per heavy atom. The Morgan fingerprint density at radius 1 is 1.00 bits per heavy atom. The second-order valence-electron chi connectivity index (χ2n) is 6.53. The van der Waals surface area contributed by atoms with Crippen LogP contribution in [0.2, 0.25) is 0 Å². The summed E-state index contributed by atoms with van der Waals surface area (Å²) in [5, 5.41) is 3.41. The molecular weight excluding hydrogens is 292 g/mol. The average molecular weight is 314 g/mol. The maximum atomic E-state index is 12.4. The van der Waals surface area contributed by atoms with Crippen molar-refractivity contribution in [1.29, 1.82) is 0 Å². The molecule has 3 aliphatic heterocycles. The Balaban J connectivity index is 1.37. The van der Waals surface area contributed by atoms with E-state index >= 15 is 0 Å². The van der Waals surface area contributed by atoms with E-state index in [2.05, 4.69) is 15.1 Å². The number of hydrogen-bond donors (Lipinski definition) is 1. The minimum atomic E-state index is -0.159. The van der Waals surface area contributed by atoms with Gasteiger partial charge in [0.25, 0.3) is 11.8 Å². The third-order valence-corrected chi connectivity index (χ3v) is 5.18. The number of amides is 2. The molecule has 3 aliphatic rings. The van der Waals surface area contributed by atoms with E-state index in [-0.39, 0.29) is 11.8 Å². The molecule has 0 aliphatic carbocycles. The second kappa shape index (κ2) is 6.03. The normalized spacial score (nSPS) is 26.1. The predicted molar refractivity (Wildman–Crippen MR) is 86.2 cm³/mol. The summed E-state index contributed by atoms with van der Waals surface area (Å²) in [5.41, 5.74) is 1.07. The number of benzene rings is 1. The van der Waals surface area contributed by atoms with E-state index in [1.807, 2.05) is 12.1 Å². The molecule has 6 nitrogen and oxygen atoms in total.